The Morgan fingerprint density at radius 2 is 1.55 bits per heavy atom. The van der Waals surface area contributed by atoms with Crippen LogP contribution in [0.15, 0.2) is 24.3 Å². The molecule has 1 aromatic carbocycles. The number of hydrogen-bond donors (Lipinski definition) is 1. The molecule has 108 valence electrons. The second-order valence-electron chi connectivity index (χ2n) is 7.50. The summed E-state index contributed by atoms with van der Waals surface area (Å²) in [6, 6.07) is 8.36. The highest BCUT2D eigenvalue weighted by atomic mass is 16.5. The van der Waals surface area contributed by atoms with Crippen LogP contribution >= 0.6 is 0 Å². The molecule has 0 heterocycles. The average Bonchev–Trinajstić information content (AvgIpc) is 2.44. The fourth-order valence-corrected chi connectivity index (χ4v) is 5.50. The molecule has 4 saturated carbocycles. The van der Waals surface area contributed by atoms with Gasteiger partial charge < -0.3 is 10.1 Å². The van der Waals surface area contributed by atoms with Crippen LogP contribution in [0.5, 0.6) is 5.75 Å². The topological polar surface area (TPSA) is 21.3 Å². The molecule has 20 heavy (non-hydrogen) atoms. The van der Waals surface area contributed by atoms with Crippen molar-refractivity contribution in [2.75, 3.05) is 19.0 Å². The van der Waals surface area contributed by atoms with Crippen molar-refractivity contribution in [3.05, 3.63) is 24.3 Å². The predicted octanol–water partition coefficient (Wildman–Crippen LogP) is 4.32. The summed E-state index contributed by atoms with van der Waals surface area (Å²) >= 11 is 0. The highest BCUT2D eigenvalue weighted by molar-refractivity contribution is 5.46. The number of hydrogen-bond acceptors (Lipinski definition) is 2. The Hall–Kier alpha value is -1.18. The van der Waals surface area contributed by atoms with Crippen molar-refractivity contribution in [3.63, 3.8) is 0 Å². The van der Waals surface area contributed by atoms with Gasteiger partial charge >= 0.3 is 0 Å². The molecule has 1 aromatic rings. The number of ether oxygens (including phenoxy) is 1. The maximum Gasteiger partial charge on any atom is 0.119 e. The first-order valence-electron chi connectivity index (χ1n) is 8.13. The van der Waals surface area contributed by atoms with Crippen LogP contribution in [0.1, 0.15) is 38.5 Å². The smallest absolute Gasteiger partial charge is 0.119 e. The Morgan fingerprint density at radius 1 is 1.00 bits per heavy atom. The summed E-state index contributed by atoms with van der Waals surface area (Å²) in [6.07, 6.45) is 9.01. The molecular weight excluding hydrogens is 246 g/mol. The van der Waals surface area contributed by atoms with Crippen molar-refractivity contribution >= 4 is 5.69 Å². The van der Waals surface area contributed by atoms with Crippen LogP contribution in [0.4, 0.5) is 5.69 Å². The molecule has 4 bridgehead atoms. The van der Waals surface area contributed by atoms with Crippen LogP contribution in [0.2, 0.25) is 0 Å². The summed E-state index contributed by atoms with van der Waals surface area (Å²) < 4.78 is 5.22. The molecule has 0 aliphatic heterocycles. The van der Waals surface area contributed by atoms with E-state index in [1.54, 1.807) is 7.11 Å². The summed E-state index contributed by atoms with van der Waals surface area (Å²) in [4.78, 5) is 0. The zero-order valence-electron chi connectivity index (χ0n) is 12.4. The number of nitrogens with one attached hydrogen (secondary N) is 1. The van der Waals surface area contributed by atoms with Crippen molar-refractivity contribution in [3.8, 4) is 5.75 Å². The van der Waals surface area contributed by atoms with E-state index in [-0.39, 0.29) is 0 Å². The van der Waals surface area contributed by atoms with E-state index in [9.17, 15) is 0 Å². The van der Waals surface area contributed by atoms with E-state index in [1.165, 1.54) is 50.8 Å². The minimum absolute atomic E-state index is 0.606. The number of anilines is 1. The molecule has 4 fully saturated rings. The van der Waals surface area contributed by atoms with Crippen LogP contribution in [-0.4, -0.2) is 13.7 Å². The average molecular weight is 271 g/mol. The van der Waals surface area contributed by atoms with Crippen molar-refractivity contribution in [1.82, 2.24) is 0 Å². The molecule has 0 aromatic heterocycles. The van der Waals surface area contributed by atoms with Gasteiger partial charge in [-0.1, -0.05) is 0 Å². The van der Waals surface area contributed by atoms with Gasteiger partial charge in [-0.3, -0.25) is 0 Å². The molecule has 4 aliphatic carbocycles. The van der Waals surface area contributed by atoms with E-state index in [4.69, 9.17) is 4.74 Å². The van der Waals surface area contributed by atoms with Gasteiger partial charge in [-0.05, 0) is 86.0 Å². The fourth-order valence-electron chi connectivity index (χ4n) is 5.50. The van der Waals surface area contributed by atoms with Gasteiger partial charge in [0, 0.05) is 12.2 Å². The Kier molecular flexibility index (Phi) is 2.94. The normalized spacial score (nSPS) is 38.0. The number of benzene rings is 1. The molecule has 0 saturated heterocycles. The lowest BCUT2D eigenvalue weighted by atomic mass is 9.49. The third kappa shape index (κ3) is 2.19. The molecular formula is C18H25NO. The molecule has 2 heteroatoms. The summed E-state index contributed by atoms with van der Waals surface area (Å²) in [5.41, 5.74) is 1.84. The number of methoxy groups -OCH3 is 1. The maximum atomic E-state index is 5.22. The minimum Gasteiger partial charge on any atom is -0.497 e. The zero-order valence-corrected chi connectivity index (χ0v) is 12.4. The summed E-state index contributed by atoms with van der Waals surface area (Å²) in [7, 11) is 1.72. The van der Waals surface area contributed by atoms with E-state index in [0.717, 1.165) is 23.5 Å². The largest absolute Gasteiger partial charge is 0.497 e. The molecule has 0 unspecified atom stereocenters. The summed E-state index contributed by atoms with van der Waals surface area (Å²) in [5, 5.41) is 3.70. The molecule has 0 spiro atoms. The van der Waals surface area contributed by atoms with Crippen LogP contribution < -0.4 is 10.1 Å². The van der Waals surface area contributed by atoms with Gasteiger partial charge in [0.05, 0.1) is 7.11 Å². The summed E-state index contributed by atoms with van der Waals surface area (Å²) in [6.45, 7) is 1.17. The summed E-state index contributed by atoms with van der Waals surface area (Å²) in [5.74, 6) is 4.06. The first-order valence-corrected chi connectivity index (χ1v) is 8.13. The van der Waals surface area contributed by atoms with E-state index in [1.807, 2.05) is 12.1 Å². The SMILES string of the molecule is COc1ccc(NCC23CC4CC(CC(C4)C2)C3)cc1. The first-order chi connectivity index (χ1) is 9.75. The molecule has 5 rings (SSSR count). The maximum absolute atomic E-state index is 5.22. The van der Waals surface area contributed by atoms with E-state index < -0.39 is 0 Å². The van der Waals surface area contributed by atoms with Crippen LogP contribution in [-0.2, 0) is 0 Å². The molecule has 1 N–H and O–H groups in total. The minimum atomic E-state index is 0.606. The fraction of sp³-hybridized carbons (Fsp3) is 0.667. The van der Waals surface area contributed by atoms with Crippen LogP contribution in [0.3, 0.4) is 0 Å². The predicted molar refractivity (Wildman–Crippen MR) is 82.1 cm³/mol. The monoisotopic (exact) mass is 271 g/mol. The van der Waals surface area contributed by atoms with Crippen molar-refractivity contribution < 1.29 is 4.74 Å². The molecule has 0 amide bonds. The van der Waals surface area contributed by atoms with Crippen molar-refractivity contribution in [1.29, 1.82) is 0 Å². The molecule has 0 radical (unpaired) electrons. The van der Waals surface area contributed by atoms with Gasteiger partial charge in [-0.25, -0.2) is 0 Å². The van der Waals surface area contributed by atoms with Gasteiger partial charge in [-0.15, -0.1) is 0 Å². The van der Waals surface area contributed by atoms with Crippen LogP contribution in [0, 0.1) is 23.2 Å². The van der Waals surface area contributed by atoms with Crippen molar-refractivity contribution in [2.24, 2.45) is 23.2 Å². The Balaban J connectivity index is 1.43. The Morgan fingerprint density at radius 3 is 2.05 bits per heavy atom. The second kappa shape index (κ2) is 4.68. The van der Waals surface area contributed by atoms with E-state index in [2.05, 4.69) is 17.4 Å². The van der Waals surface area contributed by atoms with Gasteiger partial charge in [0.1, 0.15) is 5.75 Å². The lowest BCUT2D eigenvalue weighted by Crippen LogP contribution is -2.49. The van der Waals surface area contributed by atoms with Gasteiger partial charge in [-0.2, -0.15) is 0 Å². The number of rotatable bonds is 4. The van der Waals surface area contributed by atoms with Gasteiger partial charge in [0.2, 0.25) is 0 Å². The first kappa shape index (κ1) is 12.6. The van der Waals surface area contributed by atoms with E-state index >= 15 is 0 Å². The van der Waals surface area contributed by atoms with Gasteiger partial charge in [0.15, 0.2) is 0 Å². The highest BCUT2D eigenvalue weighted by Crippen LogP contribution is 2.59. The van der Waals surface area contributed by atoms with Crippen LogP contribution in [0.25, 0.3) is 0 Å². The third-order valence-electron chi connectivity index (χ3n) is 5.92. The molecule has 0 atom stereocenters. The molecule has 4 aliphatic rings. The zero-order chi connectivity index (χ0) is 13.6. The molecule has 2 nitrogen and oxygen atoms in total. The quantitative estimate of drug-likeness (QED) is 0.880. The Labute approximate surface area is 121 Å². The van der Waals surface area contributed by atoms with Crippen molar-refractivity contribution in [2.45, 2.75) is 38.5 Å². The lowest BCUT2D eigenvalue weighted by molar-refractivity contribution is -0.0444. The highest BCUT2D eigenvalue weighted by Gasteiger charge is 2.50. The third-order valence-corrected chi connectivity index (χ3v) is 5.92. The second-order valence-corrected chi connectivity index (χ2v) is 7.50. The standard InChI is InChI=1S/C18H25NO/c1-20-17-4-2-16(3-5-17)19-12-18-9-13-6-14(10-18)8-15(7-13)11-18/h2-5,13-15,19H,6-12H2,1H3. The Bertz CT molecular complexity index is 443. The van der Waals surface area contributed by atoms with Gasteiger partial charge in [0.25, 0.3) is 0 Å². The van der Waals surface area contributed by atoms with E-state index in [0.29, 0.717) is 5.41 Å². The lowest BCUT2D eigenvalue weighted by Gasteiger charge is -2.57.